The molecule has 1 N–H and O–H groups in total. The summed E-state index contributed by atoms with van der Waals surface area (Å²) >= 11 is 0. The predicted molar refractivity (Wildman–Crippen MR) is 65.3 cm³/mol. The number of piperazine rings is 1. The molecule has 92 valence electrons. The molecule has 0 radical (unpaired) electrons. The van der Waals surface area contributed by atoms with Crippen molar-refractivity contribution in [3.8, 4) is 11.5 Å². The van der Waals surface area contributed by atoms with Crippen LogP contribution in [-0.4, -0.2) is 37.4 Å². The first-order valence-electron chi connectivity index (χ1n) is 6.15. The second-order valence-electron chi connectivity index (χ2n) is 4.78. The van der Waals surface area contributed by atoms with Crippen LogP contribution in [-0.2, 0) is 6.54 Å². The summed E-state index contributed by atoms with van der Waals surface area (Å²) in [5.41, 5.74) is 1.29. The van der Waals surface area contributed by atoms with Crippen molar-refractivity contribution in [3.63, 3.8) is 0 Å². The van der Waals surface area contributed by atoms with Gasteiger partial charge in [-0.25, -0.2) is 0 Å². The van der Waals surface area contributed by atoms with Crippen molar-refractivity contribution >= 4 is 0 Å². The third-order valence-corrected chi connectivity index (χ3v) is 3.30. The van der Waals surface area contributed by atoms with Crippen molar-refractivity contribution in [1.82, 2.24) is 10.2 Å². The topological polar surface area (TPSA) is 33.7 Å². The molecule has 3 rings (SSSR count). The zero-order valence-electron chi connectivity index (χ0n) is 10.1. The van der Waals surface area contributed by atoms with Gasteiger partial charge in [-0.3, -0.25) is 4.90 Å². The Balaban J connectivity index is 1.68. The van der Waals surface area contributed by atoms with Crippen molar-refractivity contribution in [3.05, 3.63) is 23.8 Å². The Kier molecular flexibility index (Phi) is 2.91. The number of nitrogens with one attached hydrogen (secondary N) is 1. The molecule has 0 aromatic heterocycles. The van der Waals surface area contributed by atoms with E-state index < -0.39 is 0 Å². The Morgan fingerprint density at radius 3 is 3.12 bits per heavy atom. The number of hydrogen-bond donors (Lipinski definition) is 1. The average Bonchev–Trinajstić information content (AvgIpc) is 2.76. The highest BCUT2D eigenvalue weighted by Crippen LogP contribution is 2.32. The first-order chi connectivity index (χ1) is 8.31. The molecule has 1 fully saturated rings. The molecule has 0 saturated carbocycles. The summed E-state index contributed by atoms with van der Waals surface area (Å²) in [6, 6.07) is 6.80. The van der Waals surface area contributed by atoms with E-state index in [9.17, 15) is 0 Å². The van der Waals surface area contributed by atoms with Gasteiger partial charge in [0.2, 0.25) is 6.79 Å². The smallest absolute Gasteiger partial charge is 0.231 e. The first-order valence-corrected chi connectivity index (χ1v) is 6.15. The predicted octanol–water partition coefficient (Wildman–Crippen LogP) is 1.21. The van der Waals surface area contributed by atoms with E-state index in [0.717, 1.165) is 37.7 Å². The van der Waals surface area contributed by atoms with Crippen molar-refractivity contribution in [2.45, 2.75) is 19.5 Å². The highest BCUT2D eigenvalue weighted by atomic mass is 16.7. The van der Waals surface area contributed by atoms with Gasteiger partial charge in [-0.15, -0.1) is 0 Å². The number of nitrogens with zero attached hydrogens (tertiary/aromatic N) is 1. The van der Waals surface area contributed by atoms with Crippen LogP contribution in [0.3, 0.4) is 0 Å². The maximum absolute atomic E-state index is 5.40. The minimum Gasteiger partial charge on any atom is -0.454 e. The number of benzene rings is 1. The molecule has 0 spiro atoms. The molecule has 0 unspecified atom stereocenters. The monoisotopic (exact) mass is 234 g/mol. The van der Waals surface area contributed by atoms with E-state index >= 15 is 0 Å². The second-order valence-corrected chi connectivity index (χ2v) is 4.78. The zero-order chi connectivity index (χ0) is 11.7. The minimum atomic E-state index is 0.351. The number of fused-ring (bicyclic) bond motifs is 1. The largest absolute Gasteiger partial charge is 0.454 e. The lowest BCUT2D eigenvalue weighted by Crippen LogP contribution is -2.48. The zero-order valence-corrected chi connectivity index (χ0v) is 10.1. The summed E-state index contributed by atoms with van der Waals surface area (Å²) in [5.74, 6) is 1.74. The van der Waals surface area contributed by atoms with E-state index in [1.54, 1.807) is 0 Å². The maximum Gasteiger partial charge on any atom is 0.231 e. The fourth-order valence-corrected chi connectivity index (χ4v) is 2.45. The second kappa shape index (κ2) is 4.55. The van der Waals surface area contributed by atoms with E-state index in [1.807, 2.05) is 6.07 Å². The fraction of sp³-hybridized carbons (Fsp3) is 0.538. The molecule has 1 aromatic carbocycles. The molecular formula is C13H18N2O2. The molecule has 17 heavy (non-hydrogen) atoms. The van der Waals surface area contributed by atoms with Crippen LogP contribution in [0.4, 0.5) is 0 Å². The van der Waals surface area contributed by atoms with Gasteiger partial charge in [-0.2, -0.15) is 0 Å². The van der Waals surface area contributed by atoms with E-state index in [4.69, 9.17) is 9.47 Å². The van der Waals surface area contributed by atoms with Crippen molar-refractivity contribution in [2.75, 3.05) is 26.4 Å². The van der Waals surface area contributed by atoms with E-state index in [0.29, 0.717) is 12.8 Å². The Bertz CT molecular complexity index is 408. The van der Waals surface area contributed by atoms with Gasteiger partial charge in [-0.1, -0.05) is 6.07 Å². The van der Waals surface area contributed by atoms with Crippen LogP contribution in [0, 0.1) is 0 Å². The molecule has 4 heteroatoms. The molecule has 1 saturated heterocycles. The number of hydrogen-bond acceptors (Lipinski definition) is 4. The van der Waals surface area contributed by atoms with Crippen LogP contribution in [0.15, 0.2) is 18.2 Å². The lowest BCUT2D eigenvalue weighted by atomic mass is 10.1. The van der Waals surface area contributed by atoms with Crippen LogP contribution < -0.4 is 14.8 Å². The maximum atomic E-state index is 5.40. The number of ether oxygens (including phenoxy) is 2. The summed E-state index contributed by atoms with van der Waals surface area (Å²) in [7, 11) is 0. The normalized spacial score (nSPS) is 23.9. The first kappa shape index (κ1) is 10.9. The summed E-state index contributed by atoms with van der Waals surface area (Å²) in [6.45, 7) is 6.86. The van der Waals surface area contributed by atoms with Crippen LogP contribution in [0.1, 0.15) is 12.5 Å². The quantitative estimate of drug-likeness (QED) is 0.834. The summed E-state index contributed by atoms with van der Waals surface area (Å²) in [6.07, 6.45) is 0. The standard InChI is InChI=1S/C13H18N2O2/c1-10-7-15(5-4-14-10)8-11-2-3-12-13(6-11)17-9-16-12/h2-3,6,10,14H,4-5,7-9H2,1H3/t10-/m1/s1. The van der Waals surface area contributed by atoms with Gasteiger partial charge in [0.05, 0.1) is 0 Å². The van der Waals surface area contributed by atoms with Gasteiger partial charge in [0.25, 0.3) is 0 Å². The molecule has 4 nitrogen and oxygen atoms in total. The van der Waals surface area contributed by atoms with E-state index in [1.165, 1.54) is 5.56 Å². The lowest BCUT2D eigenvalue weighted by molar-refractivity contribution is 0.173. The highest BCUT2D eigenvalue weighted by Gasteiger charge is 2.17. The number of rotatable bonds is 2. The summed E-state index contributed by atoms with van der Waals surface area (Å²) < 4.78 is 10.7. The fourth-order valence-electron chi connectivity index (χ4n) is 2.45. The van der Waals surface area contributed by atoms with Gasteiger partial charge >= 0.3 is 0 Å². The Labute approximate surface area is 102 Å². The minimum absolute atomic E-state index is 0.351. The van der Waals surface area contributed by atoms with Crippen molar-refractivity contribution in [2.24, 2.45) is 0 Å². The van der Waals surface area contributed by atoms with Gasteiger partial charge in [0.15, 0.2) is 11.5 Å². The molecule has 0 bridgehead atoms. The molecule has 2 aliphatic rings. The molecule has 0 amide bonds. The van der Waals surface area contributed by atoms with Gasteiger partial charge in [0, 0.05) is 32.2 Å². The van der Waals surface area contributed by atoms with Crippen LogP contribution >= 0.6 is 0 Å². The van der Waals surface area contributed by atoms with Gasteiger partial charge < -0.3 is 14.8 Å². The average molecular weight is 234 g/mol. The van der Waals surface area contributed by atoms with Crippen LogP contribution in [0.5, 0.6) is 11.5 Å². The lowest BCUT2D eigenvalue weighted by Gasteiger charge is -2.31. The highest BCUT2D eigenvalue weighted by molar-refractivity contribution is 5.44. The van der Waals surface area contributed by atoms with Gasteiger partial charge in [-0.05, 0) is 24.6 Å². The Hall–Kier alpha value is -1.26. The van der Waals surface area contributed by atoms with E-state index in [-0.39, 0.29) is 0 Å². The summed E-state index contributed by atoms with van der Waals surface area (Å²) in [4.78, 5) is 2.47. The van der Waals surface area contributed by atoms with Crippen molar-refractivity contribution in [1.29, 1.82) is 0 Å². The SMILES string of the molecule is C[C@@H]1CN(Cc2ccc3c(c2)OCO3)CCN1. The van der Waals surface area contributed by atoms with Gasteiger partial charge in [0.1, 0.15) is 0 Å². The molecule has 2 heterocycles. The third-order valence-electron chi connectivity index (χ3n) is 3.30. The van der Waals surface area contributed by atoms with Crippen LogP contribution in [0.2, 0.25) is 0 Å². The van der Waals surface area contributed by atoms with Crippen molar-refractivity contribution < 1.29 is 9.47 Å². The molecule has 1 aromatic rings. The molecule has 2 aliphatic heterocycles. The summed E-state index contributed by atoms with van der Waals surface area (Å²) in [5, 5.41) is 3.45. The van der Waals surface area contributed by atoms with Crippen LogP contribution in [0.25, 0.3) is 0 Å². The molecule has 0 aliphatic carbocycles. The molecule has 1 atom stereocenters. The Morgan fingerprint density at radius 1 is 1.35 bits per heavy atom. The Morgan fingerprint density at radius 2 is 2.24 bits per heavy atom. The molecular weight excluding hydrogens is 216 g/mol. The van der Waals surface area contributed by atoms with E-state index in [2.05, 4.69) is 29.3 Å². The third kappa shape index (κ3) is 2.37.